The fourth-order valence-corrected chi connectivity index (χ4v) is 2.89. The smallest absolute Gasteiger partial charge is 0.239 e. The van der Waals surface area contributed by atoms with Gasteiger partial charge in [-0.1, -0.05) is 26.7 Å². The van der Waals surface area contributed by atoms with E-state index in [1.54, 1.807) is 6.20 Å². The molecule has 0 saturated carbocycles. The molecule has 1 aromatic heterocycles. The summed E-state index contributed by atoms with van der Waals surface area (Å²) in [5.41, 5.74) is 6.75. The predicted octanol–water partition coefficient (Wildman–Crippen LogP) is 1.60. The van der Waals surface area contributed by atoms with Crippen molar-refractivity contribution in [2.75, 3.05) is 24.5 Å². The van der Waals surface area contributed by atoms with E-state index in [1.165, 1.54) is 25.7 Å². The van der Waals surface area contributed by atoms with E-state index in [9.17, 15) is 9.59 Å². The van der Waals surface area contributed by atoms with E-state index in [0.717, 1.165) is 24.5 Å². The first kappa shape index (κ1) is 23.2. The lowest BCUT2D eigenvalue weighted by Gasteiger charge is -2.21. The maximum absolute atomic E-state index is 12.0. The van der Waals surface area contributed by atoms with Crippen molar-refractivity contribution in [2.24, 2.45) is 11.7 Å². The number of nitrogens with one attached hydrogen (secondary N) is 2. The van der Waals surface area contributed by atoms with Crippen LogP contribution in [0.2, 0.25) is 0 Å². The second kappa shape index (κ2) is 11.8. The number of halogens is 1. The van der Waals surface area contributed by atoms with E-state index in [4.69, 9.17) is 5.73 Å². The van der Waals surface area contributed by atoms with Gasteiger partial charge < -0.3 is 21.3 Å². The fraction of sp³-hybridized carbons (Fsp3) is 0.632. The first-order valence-corrected chi connectivity index (χ1v) is 9.47. The molecule has 4 N–H and O–H groups in total. The number of amides is 2. The van der Waals surface area contributed by atoms with Gasteiger partial charge in [-0.05, 0) is 36.5 Å². The molecule has 1 atom stereocenters. The van der Waals surface area contributed by atoms with Crippen LogP contribution < -0.4 is 21.3 Å². The zero-order valence-corrected chi connectivity index (χ0v) is 17.1. The molecule has 0 unspecified atom stereocenters. The van der Waals surface area contributed by atoms with Crippen LogP contribution in [0.4, 0.5) is 5.82 Å². The summed E-state index contributed by atoms with van der Waals surface area (Å²) in [5, 5.41) is 5.40. The Kier molecular flexibility index (Phi) is 10.1. The molecule has 2 amide bonds. The van der Waals surface area contributed by atoms with Crippen LogP contribution in [-0.4, -0.2) is 42.5 Å². The van der Waals surface area contributed by atoms with Crippen molar-refractivity contribution in [3.63, 3.8) is 0 Å². The standard InChI is InChI=1S/C19H31N5O2.ClH/c1-14(2)18(20)19(26)23-13-17(25)22-12-15-7-8-21-16(11-15)24-9-5-3-4-6-10-24;/h7-8,11,14,18H,3-6,9-10,12-13,20H2,1-2H3,(H,22,25)(H,23,26);1H/t18-;/m0./s1. The number of hydrogen-bond acceptors (Lipinski definition) is 5. The Morgan fingerprint density at radius 3 is 2.48 bits per heavy atom. The van der Waals surface area contributed by atoms with Crippen LogP contribution in [0, 0.1) is 5.92 Å². The van der Waals surface area contributed by atoms with Gasteiger partial charge in [-0.25, -0.2) is 4.98 Å². The largest absolute Gasteiger partial charge is 0.357 e. The van der Waals surface area contributed by atoms with E-state index < -0.39 is 6.04 Å². The average Bonchev–Trinajstić information content (AvgIpc) is 2.93. The summed E-state index contributed by atoms with van der Waals surface area (Å²) in [7, 11) is 0. The predicted molar refractivity (Wildman–Crippen MR) is 110 cm³/mol. The molecule has 2 rings (SSSR count). The normalized spacial score (nSPS) is 15.5. The molecule has 152 valence electrons. The lowest BCUT2D eigenvalue weighted by molar-refractivity contribution is -0.127. The summed E-state index contributed by atoms with van der Waals surface area (Å²) in [6.45, 7) is 6.15. The van der Waals surface area contributed by atoms with Crippen LogP contribution in [0.3, 0.4) is 0 Å². The van der Waals surface area contributed by atoms with Gasteiger partial charge in [-0.3, -0.25) is 9.59 Å². The van der Waals surface area contributed by atoms with Crippen LogP contribution >= 0.6 is 12.4 Å². The molecular weight excluding hydrogens is 366 g/mol. The number of nitrogens with zero attached hydrogens (tertiary/aromatic N) is 2. The molecule has 2 heterocycles. The molecule has 7 nitrogen and oxygen atoms in total. The van der Waals surface area contributed by atoms with Gasteiger partial charge in [0.25, 0.3) is 0 Å². The third-order valence-corrected chi connectivity index (χ3v) is 4.67. The molecule has 8 heteroatoms. The molecule has 0 spiro atoms. The van der Waals surface area contributed by atoms with Gasteiger partial charge in [0.15, 0.2) is 0 Å². The molecule has 1 aliphatic rings. The first-order chi connectivity index (χ1) is 12.5. The number of carbonyl (C=O) groups is 2. The molecule has 0 aromatic carbocycles. The number of carbonyl (C=O) groups excluding carboxylic acids is 2. The molecular formula is C19H32ClN5O2. The Bertz CT molecular complexity index is 604. The van der Waals surface area contributed by atoms with Crippen molar-refractivity contribution in [3.05, 3.63) is 23.9 Å². The van der Waals surface area contributed by atoms with Crippen molar-refractivity contribution in [2.45, 2.75) is 52.1 Å². The highest BCUT2D eigenvalue weighted by molar-refractivity contribution is 5.87. The van der Waals surface area contributed by atoms with Gasteiger partial charge in [-0.15, -0.1) is 12.4 Å². The quantitative estimate of drug-likeness (QED) is 0.648. The van der Waals surface area contributed by atoms with Crippen LogP contribution in [0.25, 0.3) is 0 Å². The molecule has 27 heavy (non-hydrogen) atoms. The van der Waals surface area contributed by atoms with E-state index in [0.29, 0.717) is 6.54 Å². The summed E-state index contributed by atoms with van der Waals surface area (Å²) in [4.78, 5) is 30.5. The SMILES string of the molecule is CC(C)[C@H](N)C(=O)NCC(=O)NCc1ccnc(N2CCCCCC2)c1.Cl. The Morgan fingerprint density at radius 1 is 1.19 bits per heavy atom. The maximum atomic E-state index is 12.0. The van der Waals surface area contributed by atoms with Crippen molar-refractivity contribution in [1.82, 2.24) is 15.6 Å². The van der Waals surface area contributed by atoms with Crippen LogP contribution in [0.5, 0.6) is 0 Å². The van der Waals surface area contributed by atoms with Gasteiger partial charge in [0, 0.05) is 25.8 Å². The molecule has 1 fully saturated rings. The Labute approximate surface area is 167 Å². The minimum Gasteiger partial charge on any atom is -0.357 e. The van der Waals surface area contributed by atoms with Gasteiger partial charge in [0.2, 0.25) is 11.8 Å². The second-order valence-corrected chi connectivity index (χ2v) is 7.19. The zero-order chi connectivity index (χ0) is 18.9. The second-order valence-electron chi connectivity index (χ2n) is 7.19. The summed E-state index contributed by atoms with van der Waals surface area (Å²) in [6.07, 6.45) is 6.73. The molecule has 1 aliphatic heterocycles. The molecule has 0 bridgehead atoms. The van der Waals surface area contributed by atoms with E-state index in [-0.39, 0.29) is 36.7 Å². The Morgan fingerprint density at radius 2 is 1.85 bits per heavy atom. The topological polar surface area (TPSA) is 100 Å². The summed E-state index contributed by atoms with van der Waals surface area (Å²) in [5.74, 6) is 0.465. The van der Waals surface area contributed by atoms with E-state index in [2.05, 4.69) is 20.5 Å². The maximum Gasteiger partial charge on any atom is 0.239 e. The summed E-state index contributed by atoms with van der Waals surface area (Å²) in [6, 6.07) is 3.33. The average molecular weight is 398 g/mol. The number of rotatable bonds is 7. The highest BCUT2D eigenvalue weighted by Crippen LogP contribution is 2.18. The van der Waals surface area contributed by atoms with Gasteiger partial charge in [-0.2, -0.15) is 0 Å². The lowest BCUT2D eigenvalue weighted by atomic mass is 10.1. The Balaban J connectivity index is 0.00000364. The molecule has 0 radical (unpaired) electrons. The number of anilines is 1. The minimum atomic E-state index is -0.598. The lowest BCUT2D eigenvalue weighted by Crippen LogP contribution is -2.47. The fourth-order valence-electron chi connectivity index (χ4n) is 2.89. The van der Waals surface area contributed by atoms with Crippen molar-refractivity contribution in [1.29, 1.82) is 0 Å². The Hall–Kier alpha value is -1.86. The highest BCUT2D eigenvalue weighted by Gasteiger charge is 2.17. The summed E-state index contributed by atoms with van der Waals surface area (Å²) >= 11 is 0. The first-order valence-electron chi connectivity index (χ1n) is 9.47. The van der Waals surface area contributed by atoms with Crippen LogP contribution in [0.15, 0.2) is 18.3 Å². The third-order valence-electron chi connectivity index (χ3n) is 4.67. The monoisotopic (exact) mass is 397 g/mol. The van der Waals surface area contributed by atoms with E-state index >= 15 is 0 Å². The third kappa shape index (κ3) is 7.72. The van der Waals surface area contributed by atoms with E-state index in [1.807, 2.05) is 26.0 Å². The van der Waals surface area contributed by atoms with Crippen molar-refractivity contribution in [3.8, 4) is 0 Å². The molecule has 1 aromatic rings. The van der Waals surface area contributed by atoms with Crippen LogP contribution in [0.1, 0.15) is 45.1 Å². The number of pyridine rings is 1. The number of nitrogens with two attached hydrogens (primary N) is 1. The van der Waals surface area contributed by atoms with Gasteiger partial charge in [0.05, 0.1) is 12.6 Å². The van der Waals surface area contributed by atoms with Gasteiger partial charge >= 0.3 is 0 Å². The molecule has 0 aliphatic carbocycles. The number of aromatic nitrogens is 1. The van der Waals surface area contributed by atoms with Crippen molar-refractivity contribution < 1.29 is 9.59 Å². The highest BCUT2D eigenvalue weighted by atomic mass is 35.5. The number of hydrogen-bond donors (Lipinski definition) is 3. The minimum absolute atomic E-state index is 0. The van der Waals surface area contributed by atoms with Crippen molar-refractivity contribution >= 4 is 30.0 Å². The van der Waals surface area contributed by atoms with Crippen LogP contribution in [-0.2, 0) is 16.1 Å². The molecule has 1 saturated heterocycles. The summed E-state index contributed by atoms with van der Waals surface area (Å²) < 4.78 is 0. The zero-order valence-electron chi connectivity index (χ0n) is 16.2. The van der Waals surface area contributed by atoms with Gasteiger partial charge in [0.1, 0.15) is 5.82 Å².